The van der Waals surface area contributed by atoms with E-state index in [2.05, 4.69) is 131 Å². The SMILES string of the molecule is Brc1ccc2c(c1)C1(c3ccccc3Oc3c1c1ccccc1c1ccccc31)c1ccccc1-2. The molecule has 6 aromatic rings. The number of ether oxygens (including phenoxy) is 1. The van der Waals surface area contributed by atoms with Gasteiger partial charge in [0.25, 0.3) is 0 Å². The molecule has 0 radical (unpaired) electrons. The molecule has 1 atom stereocenters. The molecule has 0 bridgehead atoms. The Morgan fingerprint density at radius 1 is 0.514 bits per heavy atom. The van der Waals surface area contributed by atoms with Crippen molar-refractivity contribution in [2.75, 3.05) is 0 Å². The predicted octanol–water partition coefficient (Wildman–Crippen LogP) is 9.22. The zero-order chi connectivity index (χ0) is 23.1. The Labute approximate surface area is 211 Å². The Balaban J connectivity index is 1.70. The summed E-state index contributed by atoms with van der Waals surface area (Å²) < 4.78 is 7.92. The summed E-state index contributed by atoms with van der Waals surface area (Å²) >= 11 is 3.80. The van der Waals surface area contributed by atoms with Gasteiger partial charge in [-0.25, -0.2) is 0 Å². The van der Waals surface area contributed by atoms with Crippen molar-refractivity contribution in [3.05, 3.63) is 142 Å². The number of para-hydroxylation sites is 1. The van der Waals surface area contributed by atoms with Gasteiger partial charge < -0.3 is 4.74 Å². The van der Waals surface area contributed by atoms with Gasteiger partial charge in [-0.2, -0.15) is 0 Å². The van der Waals surface area contributed by atoms with Crippen molar-refractivity contribution in [1.29, 1.82) is 0 Å². The van der Waals surface area contributed by atoms with Crippen LogP contribution in [0.4, 0.5) is 0 Å². The Kier molecular flexibility index (Phi) is 3.80. The van der Waals surface area contributed by atoms with E-state index < -0.39 is 5.41 Å². The summed E-state index contributed by atoms with van der Waals surface area (Å²) in [7, 11) is 0. The summed E-state index contributed by atoms with van der Waals surface area (Å²) in [5.41, 5.74) is 7.12. The third-order valence-corrected chi connectivity index (χ3v) is 8.26. The normalized spacial score (nSPS) is 17.1. The molecule has 1 unspecified atom stereocenters. The number of halogens is 1. The minimum Gasteiger partial charge on any atom is -0.456 e. The van der Waals surface area contributed by atoms with E-state index in [0.717, 1.165) is 21.4 Å². The summed E-state index contributed by atoms with van der Waals surface area (Å²) in [6, 6.07) is 41.6. The van der Waals surface area contributed by atoms with Crippen molar-refractivity contribution in [3.63, 3.8) is 0 Å². The van der Waals surface area contributed by atoms with Crippen LogP contribution in [0.5, 0.6) is 11.5 Å². The van der Waals surface area contributed by atoms with Crippen molar-refractivity contribution in [2.24, 2.45) is 0 Å². The molecule has 1 aliphatic heterocycles. The first-order valence-electron chi connectivity index (χ1n) is 11.9. The second-order valence-corrected chi connectivity index (χ2v) is 10.3. The van der Waals surface area contributed by atoms with Crippen LogP contribution in [0.25, 0.3) is 32.7 Å². The molecular formula is C33H19BrO. The minimum atomic E-state index is -0.483. The zero-order valence-electron chi connectivity index (χ0n) is 18.8. The first-order chi connectivity index (χ1) is 17.3. The Hall–Kier alpha value is -3.88. The van der Waals surface area contributed by atoms with Crippen LogP contribution in [0, 0.1) is 0 Å². The van der Waals surface area contributed by atoms with Crippen LogP contribution in [0.2, 0.25) is 0 Å². The highest BCUT2D eigenvalue weighted by Crippen LogP contribution is 2.64. The van der Waals surface area contributed by atoms with Crippen LogP contribution >= 0.6 is 15.9 Å². The molecule has 1 spiro atoms. The molecular weight excluding hydrogens is 492 g/mol. The molecule has 0 amide bonds. The van der Waals surface area contributed by atoms with E-state index in [1.165, 1.54) is 49.5 Å². The van der Waals surface area contributed by atoms with Crippen LogP contribution in [0.3, 0.4) is 0 Å². The van der Waals surface area contributed by atoms with E-state index in [9.17, 15) is 0 Å². The molecule has 2 aliphatic rings. The van der Waals surface area contributed by atoms with E-state index in [1.54, 1.807) is 0 Å². The second-order valence-electron chi connectivity index (χ2n) is 9.38. The molecule has 1 nitrogen and oxygen atoms in total. The number of benzene rings is 6. The predicted molar refractivity (Wildman–Crippen MR) is 147 cm³/mol. The lowest BCUT2D eigenvalue weighted by Crippen LogP contribution is -2.32. The van der Waals surface area contributed by atoms with Crippen molar-refractivity contribution < 1.29 is 4.74 Å². The highest BCUT2D eigenvalue weighted by Gasteiger charge is 2.52. The van der Waals surface area contributed by atoms with Crippen LogP contribution in [0.15, 0.2) is 120 Å². The smallest absolute Gasteiger partial charge is 0.140 e. The first-order valence-corrected chi connectivity index (χ1v) is 12.7. The largest absolute Gasteiger partial charge is 0.456 e. The monoisotopic (exact) mass is 510 g/mol. The quantitative estimate of drug-likeness (QED) is 0.185. The second kappa shape index (κ2) is 6.84. The maximum atomic E-state index is 6.83. The lowest BCUT2D eigenvalue weighted by Gasteiger charge is -2.40. The zero-order valence-corrected chi connectivity index (χ0v) is 20.3. The summed E-state index contributed by atoms with van der Waals surface area (Å²) in [5.74, 6) is 1.88. The van der Waals surface area contributed by atoms with Gasteiger partial charge in [-0.1, -0.05) is 113 Å². The standard InChI is InChI=1S/C33H19BrO/c34-20-17-18-24-23-11-5-6-14-27(23)33(29(24)19-20)28-15-7-8-16-30(28)35-32-26-13-4-2-10-22(26)21-9-1-3-12-25(21)31(32)33/h1-19H. The molecule has 8 rings (SSSR count). The molecule has 1 heterocycles. The van der Waals surface area contributed by atoms with Gasteiger partial charge in [0.05, 0.1) is 5.41 Å². The molecule has 35 heavy (non-hydrogen) atoms. The Bertz CT molecular complexity index is 1850. The third-order valence-electron chi connectivity index (χ3n) is 7.77. The van der Waals surface area contributed by atoms with Gasteiger partial charge >= 0.3 is 0 Å². The van der Waals surface area contributed by atoms with E-state index >= 15 is 0 Å². The van der Waals surface area contributed by atoms with Crippen LogP contribution in [-0.4, -0.2) is 0 Å². The fourth-order valence-corrected chi connectivity index (χ4v) is 6.87. The lowest BCUT2D eigenvalue weighted by atomic mass is 9.64. The van der Waals surface area contributed by atoms with Gasteiger partial charge in [-0.15, -0.1) is 0 Å². The third kappa shape index (κ3) is 2.33. The van der Waals surface area contributed by atoms with Gasteiger partial charge in [0, 0.05) is 21.0 Å². The van der Waals surface area contributed by atoms with Gasteiger partial charge in [0.15, 0.2) is 0 Å². The average molecular weight is 511 g/mol. The van der Waals surface area contributed by atoms with E-state index in [4.69, 9.17) is 4.74 Å². The average Bonchev–Trinajstić information content (AvgIpc) is 3.19. The van der Waals surface area contributed by atoms with E-state index in [0.29, 0.717) is 0 Å². The van der Waals surface area contributed by atoms with Gasteiger partial charge in [0.1, 0.15) is 11.5 Å². The molecule has 0 N–H and O–H groups in total. The number of fused-ring (bicyclic) bond motifs is 14. The fraction of sp³-hybridized carbons (Fsp3) is 0.0303. The molecule has 2 heteroatoms. The first kappa shape index (κ1) is 19.4. The minimum absolute atomic E-state index is 0.483. The molecule has 0 fully saturated rings. The molecule has 6 aromatic carbocycles. The van der Waals surface area contributed by atoms with E-state index in [1.807, 2.05) is 0 Å². The summed E-state index contributed by atoms with van der Waals surface area (Å²) in [6.07, 6.45) is 0. The van der Waals surface area contributed by atoms with Gasteiger partial charge in [0.2, 0.25) is 0 Å². The maximum Gasteiger partial charge on any atom is 0.140 e. The van der Waals surface area contributed by atoms with Crippen molar-refractivity contribution in [3.8, 4) is 22.6 Å². The van der Waals surface area contributed by atoms with Gasteiger partial charge in [-0.05, 0) is 56.6 Å². The number of hydrogen-bond donors (Lipinski definition) is 0. The van der Waals surface area contributed by atoms with Crippen molar-refractivity contribution in [1.82, 2.24) is 0 Å². The van der Waals surface area contributed by atoms with Gasteiger partial charge in [-0.3, -0.25) is 0 Å². The number of rotatable bonds is 0. The molecule has 1 aliphatic carbocycles. The fourth-order valence-electron chi connectivity index (χ4n) is 6.51. The number of hydrogen-bond acceptors (Lipinski definition) is 1. The van der Waals surface area contributed by atoms with Crippen LogP contribution in [0.1, 0.15) is 22.3 Å². The molecule has 164 valence electrons. The lowest BCUT2D eigenvalue weighted by molar-refractivity contribution is 0.443. The maximum absolute atomic E-state index is 6.83. The summed E-state index contributed by atoms with van der Waals surface area (Å²) in [4.78, 5) is 0. The molecule has 0 aromatic heterocycles. The topological polar surface area (TPSA) is 9.23 Å². The highest BCUT2D eigenvalue weighted by atomic mass is 79.9. The molecule has 0 saturated carbocycles. The van der Waals surface area contributed by atoms with Crippen molar-refractivity contribution in [2.45, 2.75) is 5.41 Å². The summed E-state index contributed by atoms with van der Waals surface area (Å²) in [6.45, 7) is 0. The Morgan fingerprint density at radius 3 is 1.94 bits per heavy atom. The van der Waals surface area contributed by atoms with Crippen LogP contribution in [-0.2, 0) is 5.41 Å². The Morgan fingerprint density at radius 2 is 1.11 bits per heavy atom. The van der Waals surface area contributed by atoms with Crippen molar-refractivity contribution >= 4 is 37.5 Å². The molecule has 0 saturated heterocycles. The summed E-state index contributed by atoms with van der Waals surface area (Å²) in [5, 5.41) is 4.86. The van der Waals surface area contributed by atoms with Crippen LogP contribution < -0.4 is 4.74 Å². The highest BCUT2D eigenvalue weighted by molar-refractivity contribution is 9.10. The van der Waals surface area contributed by atoms with E-state index in [-0.39, 0.29) is 0 Å².